The number of carbonyl (C=O) groups excluding carboxylic acids is 1. The summed E-state index contributed by atoms with van der Waals surface area (Å²) in [5.41, 5.74) is 5.29. The Kier molecular flexibility index (Phi) is 5.20. The van der Waals surface area contributed by atoms with E-state index in [0.29, 0.717) is 6.54 Å². The summed E-state index contributed by atoms with van der Waals surface area (Å²) in [6.07, 6.45) is 1.63. The summed E-state index contributed by atoms with van der Waals surface area (Å²) in [6, 6.07) is 0. The number of carbonyl (C=O) groups is 1. The molecule has 5 heteroatoms. The van der Waals surface area contributed by atoms with E-state index < -0.39 is 5.24 Å². The van der Waals surface area contributed by atoms with Gasteiger partial charge in [-0.25, -0.2) is 4.99 Å². The van der Waals surface area contributed by atoms with E-state index in [-0.39, 0.29) is 12.5 Å². The highest BCUT2D eigenvalue weighted by atomic mass is 35.5. The molecule has 0 amide bonds. The summed E-state index contributed by atoms with van der Waals surface area (Å²) in [5, 5.41) is 2.15. The Bertz CT molecular complexity index is 179. The van der Waals surface area contributed by atoms with E-state index in [1.54, 1.807) is 6.08 Å². The SMILES string of the molecule is C=CCNC(N)=NCC(=O)Cl. The molecule has 0 saturated carbocycles. The van der Waals surface area contributed by atoms with Crippen molar-refractivity contribution >= 4 is 22.8 Å². The Balaban J connectivity index is 3.62. The lowest BCUT2D eigenvalue weighted by molar-refractivity contribution is -0.110. The van der Waals surface area contributed by atoms with Gasteiger partial charge in [-0.3, -0.25) is 4.79 Å². The van der Waals surface area contributed by atoms with Crippen molar-refractivity contribution < 1.29 is 4.79 Å². The molecule has 0 spiro atoms. The minimum absolute atomic E-state index is 0.0997. The Labute approximate surface area is 70.1 Å². The van der Waals surface area contributed by atoms with Crippen molar-refractivity contribution in [1.82, 2.24) is 5.32 Å². The second-order valence-electron chi connectivity index (χ2n) is 1.73. The number of halogens is 1. The molecule has 11 heavy (non-hydrogen) atoms. The van der Waals surface area contributed by atoms with Crippen molar-refractivity contribution in [1.29, 1.82) is 0 Å². The van der Waals surface area contributed by atoms with Gasteiger partial charge in [0.25, 0.3) is 0 Å². The fraction of sp³-hybridized carbons (Fsp3) is 0.333. The summed E-state index contributed by atoms with van der Waals surface area (Å²) in [5.74, 6) is 0.193. The first-order valence-electron chi connectivity index (χ1n) is 3.00. The quantitative estimate of drug-likeness (QED) is 0.270. The third-order valence-corrected chi connectivity index (χ3v) is 0.921. The van der Waals surface area contributed by atoms with Crippen LogP contribution in [0.1, 0.15) is 0 Å². The van der Waals surface area contributed by atoms with E-state index in [4.69, 9.17) is 17.3 Å². The second kappa shape index (κ2) is 5.73. The Morgan fingerprint density at radius 1 is 1.82 bits per heavy atom. The summed E-state index contributed by atoms with van der Waals surface area (Å²) in [7, 11) is 0. The van der Waals surface area contributed by atoms with Crippen LogP contribution in [0.25, 0.3) is 0 Å². The molecule has 62 valence electrons. The van der Waals surface area contributed by atoms with Gasteiger partial charge in [0.15, 0.2) is 5.96 Å². The lowest BCUT2D eigenvalue weighted by Gasteiger charge is -1.99. The zero-order valence-corrected chi connectivity index (χ0v) is 6.77. The molecule has 0 rings (SSSR count). The van der Waals surface area contributed by atoms with Crippen LogP contribution in [0.4, 0.5) is 0 Å². The average Bonchev–Trinajstić information content (AvgIpc) is 1.97. The van der Waals surface area contributed by atoms with E-state index in [9.17, 15) is 4.79 Å². The standard InChI is InChI=1S/C6H10ClN3O/c1-2-3-9-6(8)10-4-5(7)11/h2H,1,3-4H2,(H3,8,9,10). The molecule has 0 radical (unpaired) electrons. The van der Waals surface area contributed by atoms with Gasteiger partial charge in [0.05, 0.1) is 0 Å². The zero-order chi connectivity index (χ0) is 8.69. The van der Waals surface area contributed by atoms with Crippen LogP contribution < -0.4 is 11.1 Å². The first-order chi connectivity index (χ1) is 5.16. The maximum absolute atomic E-state index is 10.2. The number of hydrogen-bond acceptors (Lipinski definition) is 2. The van der Waals surface area contributed by atoms with Crippen LogP contribution >= 0.6 is 11.6 Å². The molecule has 0 bridgehead atoms. The van der Waals surface area contributed by atoms with Crippen molar-refractivity contribution in [3.8, 4) is 0 Å². The van der Waals surface area contributed by atoms with Crippen LogP contribution in [0.3, 0.4) is 0 Å². The lowest BCUT2D eigenvalue weighted by Crippen LogP contribution is -2.32. The summed E-state index contributed by atoms with van der Waals surface area (Å²) >= 11 is 5.01. The van der Waals surface area contributed by atoms with Crippen LogP contribution in [0.2, 0.25) is 0 Å². The third kappa shape index (κ3) is 6.86. The van der Waals surface area contributed by atoms with Crippen LogP contribution in [-0.2, 0) is 4.79 Å². The van der Waals surface area contributed by atoms with Crippen molar-refractivity contribution in [2.75, 3.05) is 13.1 Å². The third-order valence-electron chi connectivity index (χ3n) is 0.801. The molecular weight excluding hydrogens is 166 g/mol. The van der Waals surface area contributed by atoms with Crippen LogP contribution in [0.5, 0.6) is 0 Å². The number of hydrogen-bond donors (Lipinski definition) is 2. The van der Waals surface area contributed by atoms with E-state index in [1.165, 1.54) is 0 Å². The van der Waals surface area contributed by atoms with Gasteiger partial charge in [-0.15, -0.1) is 6.58 Å². The predicted octanol–water partition coefficient (Wildman–Crippen LogP) is -0.158. The number of nitrogens with zero attached hydrogens (tertiary/aromatic N) is 1. The Morgan fingerprint density at radius 3 is 2.91 bits per heavy atom. The van der Waals surface area contributed by atoms with Gasteiger partial charge in [0.1, 0.15) is 6.54 Å². The topological polar surface area (TPSA) is 67.5 Å². The number of nitrogens with one attached hydrogen (secondary N) is 1. The number of rotatable bonds is 4. The van der Waals surface area contributed by atoms with Crippen LogP contribution in [0.15, 0.2) is 17.6 Å². The van der Waals surface area contributed by atoms with Gasteiger partial charge >= 0.3 is 0 Å². The molecule has 0 fully saturated rings. The molecule has 0 aromatic heterocycles. The molecule has 0 aliphatic carbocycles. The van der Waals surface area contributed by atoms with Gasteiger partial charge in [0, 0.05) is 6.54 Å². The summed E-state index contributed by atoms with van der Waals surface area (Å²) in [6.45, 7) is 3.88. The van der Waals surface area contributed by atoms with Crippen molar-refractivity contribution in [2.45, 2.75) is 0 Å². The molecule has 4 nitrogen and oxygen atoms in total. The molecule has 0 saturated heterocycles. The fourth-order valence-corrected chi connectivity index (χ4v) is 0.440. The molecule has 0 unspecified atom stereocenters. The predicted molar refractivity (Wildman–Crippen MR) is 45.5 cm³/mol. The smallest absolute Gasteiger partial charge is 0.243 e. The maximum Gasteiger partial charge on any atom is 0.243 e. The number of nitrogens with two attached hydrogens (primary N) is 1. The zero-order valence-electron chi connectivity index (χ0n) is 6.01. The average molecular weight is 176 g/mol. The normalized spacial score (nSPS) is 10.8. The van der Waals surface area contributed by atoms with Crippen LogP contribution in [0, 0.1) is 0 Å². The molecule has 0 heterocycles. The molecular formula is C6H10ClN3O. The molecule has 0 atom stereocenters. The molecule has 0 aromatic carbocycles. The largest absolute Gasteiger partial charge is 0.370 e. The maximum atomic E-state index is 10.2. The Hall–Kier alpha value is -1.03. The monoisotopic (exact) mass is 175 g/mol. The highest BCUT2D eigenvalue weighted by Crippen LogP contribution is 1.79. The van der Waals surface area contributed by atoms with Crippen LogP contribution in [-0.4, -0.2) is 24.3 Å². The molecule has 0 aliphatic heterocycles. The number of aliphatic imine (C=N–C) groups is 1. The second-order valence-corrected chi connectivity index (χ2v) is 2.15. The minimum Gasteiger partial charge on any atom is -0.370 e. The lowest BCUT2D eigenvalue weighted by atomic mass is 10.6. The van der Waals surface area contributed by atoms with Crippen molar-refractivity contribution in [3.63, 3.8) is 0 Å². The van der Waals surface area contributed by atoms with E-state index in [1.807, 2.05) is 0 Å². The Morgan fingerprint density at radius 2 is 2.45 bits per heavy atom. The minimum atomic E-state index is -0.534. The van der Waals surface area contributed by atoms with E-state index in [0.717, 1.165) is 0 Å². The summed E-state index contributed by atoms with van der Waals surface area (Å²) in [4.78, 5) is 13.8. The van der Waals surface area contributed by atoms with Gasteiger partial charge < -0.3 is 11.1 Å². The van der Waals surface area contributed by atoms with E-state index >= 15 is 0 Å². The van der Waals surface area contributed by atoms with Gasteiger partial charge in [-0.2, -0.15) is 0 Å². The first kappa shape index (κ1) is 9.97. The highest BCUT2D eigenvalue weighted by molar-refractivity contribution is 6.64. The fourth-order valence-electron chi connectivity index (χ4n) is 0.380. The summed E-state index contributed by atoms with van der Waals surface area (Å²) < 4.78 is 0. The molecule has 0 aromatic rings. The van der Waals surface area contributed by atoms with Gasteiger partial charge in [0.2, 0.25) is 5.24 Å². The van der Waals surface area contributed by atoms with Gasteiger partial charge in [-0.05, 0) is 11.6 Å². The first-order valence-corrected chi connectivity index (χ1v) is 3.37. The molecule has 3 N–H and O–H groups in total. The van der Waals surface area contributed by atoms with Crippen molar-refractivity contribution in [3.05, 3.63) is 12.7 Å². The highest BCUT2D eigenvalue weighted by Gasteiger charge is 1.92. The molecule has 0 aliphatic rings. The van der Waals surface area contributed by atoms with E-state index in [2.05, 4.69) is 16.9 Å². The van der Waals surface area contributed by atoms with Crippen molar-refractivity contribution in [2.24, 2.45) is 10.7 Å². The number of guanidine groups is 1. The van der Waals surface area contributed by atoms with Gasteiger partial charge in [-0.1, -0.05) is 6.08 Å².